The first kappa shape index (κ1) is 26.2. The minimum Gasteiger partial charge on any atom is -0.366 e. The van der Waals surface area contributed by atoms with Crippen LogP contribution < -0.4 is 11.5 Å². The molecule has 0 saturated carbocycles. The third-order valence-corrected chi connectivity index (χ3v) is 8.98. The van der Waals surface area contributed by atoms with Gasteiger partial charge in [-0.25, -0.2) is 21.6 Å². The van der Waals surface area contributed by atoms with E-state index in [1.54, 1.807) is 4.90 Å². The Kier molecular flexibility index (Phi) is 7.42. The van der Waals surface area contributed by atoms with Crippen LogP contribution in [0.3, 0.4) is 0 Å². The molecule has 2 aliphatic rings. The molecule has 194 valence electrons. The molecule has 2 heterocycles. The molecule has 7 nitrogen and oxygen atoms in total. The van der Waals surface area contributed by atoms with Crippen molar-refractivity contribution in [3.8, 4) is 0 Å². The molecule has 4 atom stereocenters. The van der Waals surface area contributed by atoms with E-state index in [1.165, 1.54) is 24.3 Å². The van der Waals surface area contributed by atoms with Crippen molar-refractivity contribution in [2.45, 2.75) is 61.5 Å². The Morgan fingerprint density at radius 1 is 1.00 bits per heavy atom. The number of halogens is 3. The predicted molar refractivity (Wildman–Crippen MR) is 126 cm³/mol. The first-order valence-electron chi connectivity index (χ1n) is 11.8. The van der Waals surface area contributed by atoms with Crippen LogP contribution in [-0.4, -0.2) is 49.0 Å². The van der Waals surface area contributed by atoms with Gasteiger partial charge in [0.1, 0.15) is 5.82 Å². The van der Waals surface area contributed by atoms with Gasteiger partial charge in [0.05, 0.1) is 10.6 Å². The maximum Gasteiger partial charge on any atom is 0.248 e. The van der Waals surface area contributed by atoms with E-state index in [0.29, 0.717) is 18.9 Å². The summed E-state index contributed by atoms with van der Waals surface area (Å²) in [7, 11) is -3.80. The maximum atomic E-state index is 14.1. The van der Waals surface area contributed by atoms with Gasteiger partial charge in [-0.2, -0.15) is 0 Å². The molecule has 36 heavy (non-hydrogen) atoms. The van der Waals surface area contributed by atoms with E-state index in [1.807, 2.05) is 0 Å². The van der Waals surface area contributed by atoms with Crippen LogP contribution in [0.25, 0.3) is 0 Å². The number of carbonyl (C=O) groups excluding carboxylic acids is 2. The Labute approximate surface area is 207 Å². The predicted octanol–water partition coefficient (Wildman–Crippen LogP) is 2.71. The summed E-state index contributed by atoms with van der Waals surface area (Å²) in [5.74, 6) is -4.68. The highest BCUT2D eigenvalue weighted by atomic mass is 32.2. The average molecular weight is 524 g/mol. The van der Waals surface area contributed by atoms with Gasteiger partial charge in [-0.3, -0.25) is 9.59 Å². The lowest BCUT2D eigenvalue weighted by Gasteiger charge is -2.41. The number of benzene rings is 2. The number of hydrogen-bond donors (Lipinski definition) is 2. The minimum absolute atomic E-state index is 0.0119. The molecule has 0 unspecified atom stereocenters. The van der Waals surface area contributed by atoms with Gasteiger partial charge in [0.2, 0.25) is 11.8 Å². The third-order valence-electron chi connectivity index (χ3n) is 7.27. The van der Waals surface area contributed by atoms with Crippen molar-refractivity contribution in [3.63, 3.8) is 0 Å². The van der Waals surface area contributed by atoms with Crippen LogP contribution in [0.1, 0.15) is 48.0 Å². The van der Waals surface area contributed by atoms with Gasteiger partial charge in [-0.15, -0.1) is 0 Å². The molecule has 4 N–H and O–H groups in total. The highest BCUT2D eigenvalue weighted by molar-refractivity contribution is 7.91. The zero-order valence-corrected chi connectivity index (χ0v) is 20.3. The molecule has 4 rings (SSSR count). The van der Waals surface area contributed by atoms with Crippen LogP contribution in [0.4, 0.5) is 13.2 Å². The normalized spacial score (nSPS) is 22.4. The molecule has 0 aliphatic carbocycles. The van der Waals surface area contributed by atoms with Crippen LogP contribution in [0.5, 0.6) is 0 Å². The van der Waals surface area contributed by atoms with Gasteiger partial charge in [0.15, 0.2) is 21.5 Å². The summed E-state index contributed by atoms with van der Waals surface area (Å²) in [6.07, 6.45) is 2.50. The molecule has 2 aromatic rings. The van der Waals surface area contributed by atoms with E-state index >= 15 is 0 Å². The van der Waals surface area contributed by atoms with Gasteiger partial charge >= 0.3 is 0 Å². The summed E-state index contributed by atoms with van der Waals surface area (Å²) >= 11 is 0. The monoisotopic (exact) mass is 523 g/mol. The molecule has 2 bridgehead atoms. The van der Waals surface area contributed by atoms with Gasteiger partial charge in [0, 0.05) is 36.2 Å². The fraction of sp³-hybridized carbons (Fsp3) is 0.440. The third kappa shape index (κ3) is 5.41. The number of nitrogens with two attached hydrogens (primary N) is 2. The molecular weight excluding hydrogens is 495 g/mol. The van der Waals surface area contributed by atoms with E-state index in [9.17, 15) is 31.2 Å². The molecule has 2 amide bonds. The van der Waals surface area contributed by atoms with Crippen LogP contribution in [-0.2, 0) is 21.1 Å². The van der Waals surface area contributed by atoms with Gasteiger partial charge in [-0.05, 0) is 67.9 Å². The van der Waals surface area contributed by atoms with Gasteiger partial charge < -0.3 is 16.4 Å². The quantitative estimate of drug-likeness (QED) is 0.515. The number of piperidine rings is 1. The van der Waals surface area contributed by atoms with Crippen LogP contribution >= 0.6 is 0 Å². The van der Waals surface area contributed by atoms with Crippen molar-refractivity contribution in [2.75, 3.05) is 5.75 Å². The molecule has 2 aromatic carbocycles. The second-order valence-corrected chi connectivity index (χ2v) is 11.7. The van der Waals surface area contributed by atoms with Crippen LogP contribution in [0.15, 0.2) is 41.3 Å². The number of rotatable bonds is 8. The molecule has 0 aromatic heterocycles. The fourth-order valence-electron chi connectivity index (χ4n) is 5.43. The maximum absolute atomic E-state index is 14.1. The van der Waals surface area contributed by atoms with E-state index in [0.717, 1.165) is 18.9 Å². The number of hydrogen-bond acceptors (Lipinski definition) is 5. The topological polar surface area (TPSA) is 124 Å². The number of nitrogens with zero attached hydrogens (tertiary/aromatic N) is 1. The van der Waals surface area contributed by atoms with E-state index < -0.39 is 45.0 Å². The zero-order chi connectivity index (χ0) is 26.2. The molecule has 11 heteroatoms. The number of carbonyl (C=O) groups is 2. The molecule has 2 fully saturated rings. The van der Waals surface area contributed by atoms with Crippen molar-refractivity contribution in [1.82, 2.24) is 4.90 Å². The van der Waals surface area contributed by atoms with Gasteiger partial charge in [0.25, 0.3) is 0 Å². The fourth-order valence-corrected chi connectivity index (χ4v) is 6.70. The van der Waals surface area contributed by atoms with Crippen molar-refractivity contribution >= 4 is 21.7 Å². The SMILES string of the molecule is NC(=O)c1cccc(S(=O)(=O)CCC(=O)N2[C@@H]3CC[C@H]2C[C@@H]([C@H](N)Cc2cc(F)c(F)cc2F)C3)c1. The summed E-state index contributed by atoms with van der Waals surface area (Å²) in [5.41, 5.74) is 11.6. The largest absolute Gasteiger partial charge is 0.366 e. The van der Waals surface area contributed by atoms with Crippen LogP contribution in [0, 0.1) is 23.4 Å². The summed E-state index contributed by atoms with van der Waals surface area (Å²) in [4.78, 5) is 26.1. The molecular formula is C25H28F3N3O4S. The molecule has 0 spiro atoms. The second kappa shape index (κ2) is 10.2. The molecule has 2 saturated heterocycles. The first-order valence-corrected chi connectivity index (χ1v) is 13.4. The summed E-state index contributed by atoms with van der Waals surface area (Å²) in [6.45, 7) is 0. The lowest BCUT2D eigenvalue weighted by Crippen LogP contribution is -2.50. The van der Waals surface area contributed by atoms with Crippen molar-refractivity contribution in [2.24, 2.45) is 17.4 Å². The Morgan fingerprint density at radius 3 is 2.28 bits per heavy atom. The second-order valence-electron chi connectivity index (χ2n) is 9.60. The lowest BCUT2D eigenvalue weighted by atomic mass is 9.82. The Bertz CT molecular complexity index is 1270. The summed E-state index contributed by atoms with van der Waals surface area (Å²) < 4.78 is 66.3. The highest BCUT2D eigenvalue weighted by Gasteiger charge is 2.44. The number of amides is 2. The highest BCUT2D eigenvalue weighted by Crippen LogP contribution is 2.40. The molecule has 2 aliphatic heterocycles. The first-order chi connectivity index (χ1) is 17.0. The zero-order valence-electron chi connectivity index (χ0n) is 19.5. The molecule has 0 radical (unpaired) electrons. The number of fused-ring (bicyclic) bond motifs is 2. The van der Waals surface area contributed by atoms with Crippen molar-refractivity contribution in [3.05, 3.63) is 65.0 Å². The van der Waals surface area contributed by atoms with E-state index in [2.05, 4.69) is 0 Å². The Balaban J connectivity index is 1.37. The average Bonchev–Trinajstić information content (AvgIpc) is 3.10. The minimum atomic E-state index is -3.80. The van der Waals surface area contributed by atoms with Crippen LogP contribution in [0.2, 0.25) is 0 Å². The Morgan fingerprint density at radius 2 is 1.64 bits per heavy atom. The van der Waals surface area contributed by atoms with E-state index in [4.69, 9.17) is 11.5 Å². The lowest BCUT2D eigenvalue weighted by molar-refractivity contribution is -0.136. The summed E-state index contributed by atoms with van der Waals surface area (Å²) in [6, 6.07) is 6.04. The van der Waals surface area contributed by atoms with E-state index in [-0.39, 0.29) is 52.8 Å². The summed E-state index contributed by atoms with van der Waals surface area (Å²) in [5, 5.41) is 0. The standard InChI is InChI=1S/C25H28F3N3O4S/c26-20-13-22(28)21(27)11-15(20)12-23(29)16-8-17-4-5-18(9-16)31(17)24(32)6-7-36(34,35)19-3-1-2-14(10-19)25(30)33/h1-3,10-11,13,16-18,23H,4-9,12,29H2,(H2,30,33)/t16-,17+,18-,23-/m1/s1. The number of primary amides is 1. The number of sulfone groups is 1. The van der Waals surface area contributed by atoms with Crippen molar-refractivity contribution < 1.29 is 31.2 Å². The Hall–Kier alpha value is -2.92. The smallest absolute Gasteiger partial charge is 0.248 e. The van der Waals surface area contributed by atoms with Crippen molar-refractivity contribution in [1.29, 1.82) is 0 Å². The van der Waals surface area contributed by atoms with Gasteiger partial charge in [-0.1, -0.05) is 6.07 Å².